The van der Waals surface area contributed by atoms with E-state index in [0.717, 1.165) is 12.5 Å². The van der Waals surface area contributed by atoms with Gasteiger partial charge in [-0.1, -0.05) is 6.92 Å². The van der Waals surface area contributed by atoms with Crippen LogP contribution in [0.5, 0.6) is 0 Å². The van der Waals surface area contributed by atoms with Crippen LogP contribution in [0.15, 0.2) is 0 Å². The number of nitrogens with two attached hydrogens (primary N) is 1. The first kappa shape index (κ1) is 16.4. The maximum atomic E-state index is 11.9. The number of carbonyl (C=O) groups is 1. The highest BCUT2D eigenvalue weighted by molar-refractivity contribution is 5.80. The molecule has 112 valence electrons. The maximum absolute atomic E-state index is 11.9. The number of esters is 1. The molecule has 1 saturated heterocycles. The van der Waals surface area contributed by atoms with E-state index < -0.39 is 5.54 Å². The van der Waals surface area contributed by atoms with Gasteiger partial charge >= 0.3 is 5.97 Å². The summed E-state index contributed by atoms with van der Waals surface area (Å²) >= 11 is 0. The predicted octanol–water partition coefficient (Wildman–Crippen LogP) is 2.17. The molecule has 0 aromatic rings. The molecule has 0 amide bonds. The molecule has 1 aliphatic rings. The summed E-state index contributed by atoms with van der Waals surface area (Å²) in [6.07, 6.45) is 3.10. The number of hydrogen-bond donors (Lipinski definition) is 1. The molecule has 4 heteroatoms. The van der Waals surface area contributed by atoms with E-state index in [1.54, 1.807) is 6.92 Å². The standard InChI is InChI=1S/C15H30N2O2/c1-6-19-14(18)15(5,16)10-13(4)17-8-7-11(2)9-12(17)3/h11-13H,6-10,16H2,1-5H3. The lowest BCUT2D eigenvalue weighted by Crippen LogP contribution is -2.53. The van der Waals surface area contributed by atoms with Crippen molar-refractivity contribution in [3.05, 3.63) is 0 Å². The topological polar surface area (TPSA) is 55.6 Å². The van der Waals surface area contributed by atoms with Gasteiger partial charge in [0.05, 0.1) is 6.61 Å². The number of hydrogen-bond acceptors (Lipinski definition) is 4. The van der Waals surface area contributed by atoms with Gasteiger partial charge in [0, 0.05) is 12.1 Å². The Kier molecular flexibility index (Phi) is 5.81. The van der Waals surface area contributed by atoms with Crippen molar-refractivity contribution in [2.24, 2.45) is 11.7 Å². The minimum absolute atomic E-state index is 0.292. The summed E-state index contributed by atoms with van der Waals surface area (Å²) in [5.41, 5.74) is 5.23. The highest BCUT2D eigenvalue weighted by Gasteiger charge is 2.35. The fourth-order valence-corrected chi connectivity index (χ4v) is 3.19. The van der Waals surface area contributed by atoms with Crippen molar-refractivity contribution in [2.45, 2.75) is 71.5 Å². The lowest BCUT2D eigenvalue weighted by atomic mass is 9.88. The zero-order valence-corrected chi connectivity index (χ0v) is 13.1. The van der Waals surface area contributed by atoms with Crippen LogP contribution in [0, 0.1) is 5.92 Å². The fraction of sp³-hybridized carbons (Fsp3) is 0.933. The minimum Gasteiger partial charge on any atom is -0.465 e. The Morgan fingerprint density at radius 2 is 2.16 bits per heavy atom. The van der Waals surface area contributed by atoms with Gasteiger partial charge < -0.3 is 10.5 Å². The van der Waals surface area contributed by atoms with Gasteiger partial charge in [0.2, 0.25) is 0 Å². The third-order valence-electron chi connectivity index (χ3n) is 4.22. The molecule has 1 rings (SSSR count). The second kappa shape index (κ2) is 6.71. The summed E-state index contributed by atoms with van der Waals surface area (Å²) in [5, 5.41) is 0. The second-order valence-electron chi connectivity index (χ2n) is 6.41. The number of nitrogens with zero attached hydrogens (tertiary/aromatic N) is 1. The van der Waals surface area contributed by atoms with Crippen molar-refractivity contribution >= 4 is 5.97 Å². The Balaban J connectivity index is 2.58. The lowest BCUT2D eigenvalue weighted by molar-refractivity contribution is -0.149. The van der Waals surface area contributed by atoms with E-state index >= 15 is 0 Å². The van der Waals surface area contributed by atoms with Crippen LogP contribution < -0.4 is 5.73 Å². The highest BCUT2D eigenvalue weighted by Crippen LogP contribution is 2.26. The molecule has 4 atom stereocenters. The van der Waals surface area contributed by atoms with Gasteiger partial charge in [0.15, 0.2) is 0 Å². The van der Waals surface area contributed by atoms with Crippen LogP contribution in [0.4, 0.5) is 0 Å². The molecule has 19 heavy (non-hydrogen) atoms. The fourth-order valence-electron chi connectivity index (χ4n) is 3.19. The van der Waals surface area contributed by atoms with E-state index in [0.29, 0.717) is 25.1 Å². The largest absolute Gasteiger partial charge is 0.465 e. The summed E-state index contributed by atoms with van der Waals surface area (Å²) < 4.78 is 5.06. The van der Waals surface area contributed by atoms with Crippen molar-refractivity contribution < 1.29 is 9.53 Å². The van der Waals surface area contributed by atoms with Gasteiger partial charge in [-0.3, -0.25) is 9.69 Å². The average molecular weight is 270 g/mol. The molecule has 0 aliphatic carbocycles. The predicted molar refractivity (Wildman–Crippen MR) is 77.9 cm³/mol. The molecule has 4 unspecified atom stereocenters. The normalized spacial score (nSPS) is 29.6. The van der Waals surface area contributed by atoms with E-state index in [9.17, 15) is 4.79 Å². The van der Waals surface area contributed by atoms with Crippen LogP contribution in [0.3, 0.4) is 0 Å². The van der Waals surface area contributed by atoms with Crippen LogP contribution in [-0.4, -0.2) is 41.6 Å². The average Bonchev–Trinajstić information content (AvgIpc) is 2.28. The molecule has 0 aromatic carbocycles. The van der Waals surface area contributed by atoms with Crippen LogP contribution in [0.25, 0.3) is 0 Å². The SMILES string of the molecule is CCOC(=O)C(C)(N)CC(C)N1CCC(C)CC1C. The van der Waals surface area contributed by atoms with E-state index in [1.165, 1.54) is 12.8 Å². The molecule has 1 aliphatic heterocycles. The van der Waals surface area contributed by atoms with Crippen molar-refractivity contribution in [1.82, 2.24) is 4.90 Å². The number of rotatable bonds is 5. The summed E-state index contributed by atoms with van der Waals surface area (Å²) in [6, 6.07) is 0.874. The Hall–Kier alpha value is -0.610. The molecule has 0 aromatic heterocycles. The first-order valence-corrected chi connectivity index (χ1v) is 7.49. The molecule has 1 fully saturated rings. The van der Waals surface area contributed by atoms with Crippen molar-refractivity contribution in [3.8, 4) is 0 Å². The number of carbonyl (C=O) groups excluding carboxylic acids is 1. The van der Waals surface area contributed by atoms with Gasteiger partial charge in [0.25, 0.3) is 0 Å². The third kappa shape index (κ3) is 4.46. The quantitative estimate of drug-likeness (QED) is 0.778. The van der Waals surface area contributed by atoms with E-state index in [1.807, 2.05) is 6.92 Å². The second-order valence-corrected chi connectivity index (χ2v) is 6.41. The maximum Gasteiger partial charge on any atom is 0.325 e. The molecule has 0 radical (unpaired) electrons. The zero-order valence-electron chi connectivity index (χ0n) is 13.1. The zero-order chi connectivity index (χ0) is 14.6. The molecular formula is C15H30N2O2. The monoisotopic (exact) mass is 270 g/mol. The summed E-state index contributed by atoms with van der Waals surface area (Å²) in [5.74, 6) is 0.507. The highest BCUT2D eigenvalue weighted by atomic mass is 16.5. The van der Waals surface area contributed by atoms with Gasteiger partial charge in [0.1, 0.15) is 5.54 Å². The minimum atomic E-state index is -0.891. The van der Waals surface area contributed by atoms with Crippen LogP contribution in [0.1, 0.15) is 53.9 Å². The first-order chi connectivity index (χ1) is 8.77. The van der Waals surface area contributed by atoms with Crippen molar-refractivity contribution in [2.75, 3.05) is 13.2 Å². The Labute approximate surface area is 117 Å². The first-order valence-electron chi connectivity index (χ1n) is 7.49. The molecular weight excluding hydrogens is 240 g/mol. The van der Waals surface area contributed by atoms with E-state index in [2.05, 4.69) is 25.7 Å². The van der Waals surface area contributed by atoms with Gasteiger partial charge in [-0.2, -0.15) is 0 Å². The molecule has 0 bridgehead atoms. The number of ether oxygens (including phenoxy) is 1. The molecule has 1 heterocycles. The summed E-state index contributed by atoms with van der Waals surface area (Å²) in [7, 11) is 0. The van der Waals surface area contributed by atoms with E-state index in [4.69, 9.17) is 10.5 Å². The van der Waals surface area contributed by atoms with Crippen molar-refractivity contribution in [1.29, 1.82) is 0 Å². The van der Waals surface area contributed by atoms with Crippen molar-refractivity contribution in [3.63, 3.8) is 0 Å². The van der Waals surface area contributed by atoms with Crippen LogP contribution in [-0.2, 0) is 9.53 Å². The number of piperidine rings is 1. The Bertz CT molecular complexity index is 305. The summed E-state index contributed by atoms with van der Waals surface area (Å²) in [4.78, 5) is 14.3. The number of likely N-dealkylation sites (tertiary alicyclic amines) is 1. The molecule has 4 nitrogen and oxygen atoms in total. The molecule has 0 spiro atoms. The van der Waals surface area contributed by atoms with Gasteiger partial charge in [-0.05, 0) is 59.4 Å². The van der Waals surface area contributed by atoms with E-state index in [-0.39, 0.29) is 5.97 Å². The summed E-state index contributed by atoms with van der Waals surface area (Å²) in [6.45, 7) is 11.8. The van der Waals surface area contributed by atoms with Crippen LogP contribution in [0.2, 0.25) is 0 Å². The third-order valence-corrected chi connectivity index (χ3v) is 4.22. The molecule has 0 saturated carbocycles. The lowest BCUT2D eigenvalue weighted by Gasteiger charge is -2.42. The van der Waals surface area contributed by atoms with Gasteiger partial charge in [-0.15, -0.1) is 0 Å². The molecule has 2 N–H and O–H groups in total. The van der Waals surface area contributed by atoms with Crippen LogP contribution >= 0.6 is 0 Å². The van der Waals surface area contributed by atoms with Gasteiger partial charge in [-0.25, -0.2) is 0 Å². The smallest absolute Gasteiger partial charge is 0.325 e. The Morgan fingerprint density at radius 1 is 1.53 bits per heavy atom. The Morgan fingerprint density at radius 3 is 2.68 bits per heavy atom.